The van der Waals surface area contributed by atoms with E-state index < -0.39 is 0 Å². The predicted octanol–water partition coefficient (Wildman–Crippen LogP) is 4.37. The molecule has 2 aromatic carbocycles. The normalized spacial score (nSPS) is 17.8. The highest BCUT2D eigenvalue weighted by Crippen LogP contribution is 2.19. The first-order chi connectivity index (χ1) is 12.6. The minimum atomic E-state index is 0.0802. The number of hydrogen-bond acceptors (Lipinski definition) is 2. The van der Waals surface area contributed by atoms with Crippen molar-refractivity contribution >= 4 is 17.5 Å². The zero-order chi connectivity index (χ0) is 18.4. The van der Waals surface area contributed by atoms with Gasteiger partial charge in [0, 0.05) is 30.2 Å². The predicted molar refractivity (Wildman–Crippen MR) is 108 cm³/mol. The number of hydrogen-bond donors (Lipinski definition) is 0. The number of halogens is 1. The molecule has 0 radical (unpaired) electrons. The standard InChI is InChI=1S/C22H27ClN2O/c1-24-13-6-9-19(16-24)17-25(14-12-18-7-3-2-4-8-18)22(26)20-10-5-11-21(23)15-20/h2-5,7-8,10-11,15,19H,6,9,12-14,16-17H2,1H3. The molecule has 1 fully saturated rings. The average Bonchev–Trinajstić information content (AvgIpc) is 2.65. The van der Waals surface area contributed by atoms with E-state index in [1.807, 2.05) is 29.2 Å². The molecule has 0 N–H and O–H groups in total. The number of amides is 1. The van der Waals surface area contributed by atoms with E-state index in [1.54, 1.807) is 6.07 Å². The van der Waals surface area contributed by atoms with Crippen molar-refractivity contribution in [3.05, 3.63) is 70.7 Å². The fourth-order valence-corrected chi connectivity index (χ4v) is 3.91. The van der Waals surface area contributed by atoms with Crippen molar-refractivity contribution in [3.63, 3.8) is 0 Å². The largest absolute Gasteiger partial charge is 0.338 e. The van der Waals surface area contributed by atoms with Crippen LogP contribution in [-0.4, -0.2) is 48.9 Å². The van der Waals surface area contributed by atoms with Gasteiger partial charge in [-0.25, -0.2) is 0 Å². The maximum absolute atomic E-state index is 13.1. The lowest BCUT2D eigenvalue weighted by atomic mass is 9.97. The molecule has 1 saturated heterocycles. The number of rotatable bonds is 6. The highest BCUT2D eigenvalue weighted by Gasteiger charge is 2.23. The van der Waals surface area contributed by atoms with Crippen LogP contribution >= 0.6 is 11.6 Å². The molecule has 1 aliphatic rings. The molecular formula is C22H27ClN2O. The van der Waals surface area contributed by atoms with Gasteiger partial charge in [0.05, 0.1) is 0 Å². The van der Waals surface area contributed by atoms with E-state index in [2.05, 4.69) is 36.2 Å². The molecule has 0 saturated carbocycles. The van der Waals surface area contributed by atoms with Crippen LogP contribution in [-0.2, 0) is 6.42 Å². The molecule has 1 aliphatic heterocycles. The SMILES string of the molecule is CN1CCCC(CN(CCc2ccccc2)C(=O)c2cccc(Cl)c2)C1. The van der Waals surface area contributed by atoms with Gasteiger partial charge in [-0.2, -0.15) is 0 Å². The van der Waals surface area contributed by atoms with E-state index >= 15 is 0 Å². The van der Waals surface area contributed by atoms with Crippen molar-refractivity contribution in [2.75, 3.05) is 33.2 Å². The zero-order valence-electron chi connectivity index (χ0n) is 15.4. The van der Waals surface area contributed by atoms with E-state index in [0.29, 0.717) is 16.5 Å². The second-order valence-corrected chi connectivity index (χ2v) is 7.70. The summed E-state index contributed by atoms with van der Waals surface area (Å²) in [5.74, 6) is 0.615. The maximum Gasteiger partial charge on any atom is 0.253 e. The van der Waals surface area contributed by atoms with Crippen molar-refractivity contribution in [2.24, 2.45) is 5.92 Å². The van der Waals surface area contributed by atoms with Crippen molar-refractivity contribution < 1.29 is 4.79 Å². The van der Waals surface area contributed by atoms with Gasteiger partial charge in [0.25, 0.3) is 5.91 Å². The Labute approximate surface area is 161 Å². The Hall–Kier alpha value is -1.84. The third-order valence-electron chi connectivity index (χ3n) is 5.07. The van der Waals surface area contributed by atoms with Gasteiger partial charge in [-0.3, -0.25) is 4.79 Å². The maximum atomic E-state index is 13.1. The van der Waals surface area contributed by atoms with Gasteiger partial charge < -0.3 is 9.80 Å². The average molecular weight is 371 g/mol. The van der Waals surface area contributed by atoms with E-state index in [4.69, 9.17) is 11.6 Å². The summed E-state index contributed by atoms with van der Waals surface area (Å²) in [6.07, 6.45) is 3.27. The van der Waals surface area contributed by atoms with Gasteiger partial charge in [0.1, 0.15) is 0 Å². The van der Waals surface area contributed by atoms with Crippen LogP contribution in [0.4, 0.5) is 0 Å². The lowest BCUT2D eigenvalue weighted by Crippen LogP contribution is -2.42. The lowest BCUT2D eigenvalue weighted by Gasteiger charge is -2.34. The minimum Gasteiger partial charge on any atom is -0.338 e. The lowest BCUT2D eigenvalue weighted by molar-refractivity contribution is 0.0693. The van der Waals surface area contributed by atoms with Crippen LogP contribution in [0.15, 0.2) is 54.6 Å². The summed E-state index contributed by atoms with van der Waals surface area (Å²) in [5.41, 5.74) is 1.94. The number of carbonyl (C=O) groups is 1. The fraction of sp³-hybridized carbons (Fsp3) is 0.409. The van der Waals surface area contributed by atoms with E-state index in [1.165, 1.54) is 18.4 Å². The first-order valence-corrected chi connectivity index (χ1v) is 9.77. The van der Waals surface area contributed by atoms with Gasteiger partial charge in [-0.05, 0) is 62.5 Å². The molecule has 1 heterocycles. The molecule has 0 bridgehead atoms. The summed E-state index contributed by atoms with van der Waals surface area (Å²) < 4.78 is 0. The molecule has 3 rings (SSSR count). The van der Waals surface area contributed by atoms with Gasteiger partial charge >= 0.3 is 0 Å². The van der Waals surface area contributed by atoms with Crippen LogP contribution < -0.4 is 0 Å². The van der Waals surface area contributed by atoms with Crippen LogP contribution in [0.1, 0.15) is 28.8 Å². The number of likely N-dealkylation sites (tertiary alicyclic amines) is 1. The summed E-state index contributed by atoms with van der Waals surface area (Å²) in [5, 5.41) is 0.608. The van der Waals surface area contributed by atoms with Gasteiger partial charge in [0.2, 0.25) is 0 Å². The molecule has 3 nitrogen and oxygen atoms in total. The van der Waals surface area contributed by atoms with Gasteiger partial charge in [-0.1, -0.05) is 48.0 Å². The van der Waals surface area contributed by atoms with Crippen molar-refractivity contribution in [1.29, 1.82) is 0 Å². The number of piperidine rings is 1. The Balaban J connectivity index is 1.72. The summed E-state index contributed by atoms with van der Waals surface area (Å²) in [4.78, 5) is 17.5. The smallest absolute Gasteiger partial charge is 0.253 e. The first-order valence-electron chi connectivity index (χ1n) is 9.39. The van der Waals surface area contributed by atoms with E-state index in [9.17, 15) is 4.79 Å². The van der Waals surface area contributed by atoms with E-state index in [0.717, 1.165) is 32.6 Å². The van der Waals surface area contributed by atoms with Gasteiger partial charge in [0.15, 0.2) is 0 Å². The molecule has 1 unspecified atom stereocenters. The second kappa shape index (κ2) is 9.20. The van der Waals surface area contributed by atoms with Crippen LogP contribution in [0.25, 0.3) is 0 Å². The molecule has 0 aliphatic carbocycles. The number of benzene rings is 2. The molecule has 26 heavy (non-hydrogen) atoms. The Kier molecular flexibility index (Phi) is 6.70. The Morgan fingerprint density at radius 1 is 1.19 bits per heavy atom. The second-order valence-electron chi connectivity index (χ2n) is 7.27. The zero-order valence-corrected chi connectivity index (χ0v) is 16.2. The van der Waals surface area contributed by atoms with Crippen LogP contribution in [0.3, 0.4) is 0 Å². The molecule has 4 heteroatoms. The molecule has 1 atom stereocenters. The highest BCUT2D eigenvalue weighted by molar-refractivity contribution is 6.30. The highest BCUT2D eigenvalue weighted by atomic mass is 35.5. The first kappa shape index (κ1) is 18.9. The van der Waals surface area contributed by atoms with Crippen LogP contribution in [0, 0.1) is 5.92 Å². The Bertz CT molecular complexity index is 719. The third kappa shape index (κ3) is 5.33. The third-order valence-corrected chi connectivity index (χ3v) is 5.31. The fourth-order valence-electron chi connectivity index (χ4n) is 3.72. The van der Waals surface area contributed by atoms with Crippen LogP contribution in [0.5, 0.6) is 0 Å². The minimum absolute atomic E-state index is 0.0802. The molecule has 0 aromatic heterocycles. The summed E-state index contributed by atoms with van der Waals surface area (Å²) in [6, 6.07) is 17.7. The van der Waals surface area contributed by atoms with Crippen molar-refractivity contribution in [2.45, 2.75) is 19.3 Å². The topological polar surface area (TPSA) is 23.6 Å². The Morgan fingerprint density at radius 2 is 2.00 bits per heavy atom. The molecule has 2 aromatic rings. The van der Waals surface area contributed by atoms with Crippen LogP contribution in [0.2, 0.25) is 5.02 Å². The molecule has 1 amide bonds. The Morgan fingerprint density at radius 3 is 2.73 bits per heavy atom. The molecular weight excluding hydrogens is 344 g/mol. The molecule has 138 valence electrons. The monoisotopic (exact) mass is 370 g/mol. The summed E-state index contributed by atoms with van der Waals surface area (Å²) in [6.45, 7) is 3.76. The van der Waals surface area contributed by atoms with Crippen molar-refractivity contribution in [3.8, 4) is 0 Å². The molecule has 0 spiro atoms. The number of carbonyl (C=O) groups excluding carboxylic acids is 1. The summed E-state index contributed by atoms with van der Waals surface area (Å²) >= 11 is 6.10. The number of nitrogens with zero attached hydrogens (tertiary/aromatic N) is 2. The van der Waals surface area contributed by atoms with E-state index in [-0.39, 0.29) is 5.91 Å². The van der Waals surface area contributed by atoms with Gasteiger partial charge in [-0.15, -0.1) is 0 Å². The quantitative estimate of drug-likeness (QED) is 0.753. The summed E-state index contributed by atoms with van der Waals surface area (Å²) in [7, 11) is 2.17. The van der Waals surface area contributed by atoms with Crippen molar-refractivity contribution in [1.82, 2.24) is 9.80 Å².